The molecule has 122 valence electrons. The minimum absolute atomic E-state index is 0.148. The Bertz CT molecular complexity index is 654. The van der Waals surface area contributed by atoms with E-state index in [1.165, 1.54) is 0 Å². The third-order valence-corrected chi connectivity index (χ3v) is 2.96. The van der Waals surface area contributed by atoms with Gasteiger partial charge in [0.15, 0.2) is 5.96 Å². The highest BCUT2D eigenvalue weighted by atomic mass is 16.5. The fourth-order valence-electron chi connectivity index (χ4n) is 1.98. The van der Waals surface area contributed by atoms with Crippen molar-refractivity contribution in [3.05, 3.63) is 48.2 Å². The zero-order valence-electron chi connectivity index (χ0n) is 13.6. The summed E-state index contributed by atoms with van der Waals surface area (Å²) in [7, 11) is 1.58. The average molecular weight is 314 g/mol. The quantitative estimate of drug-likeness (QED) is 0.633. The molecule has 0 saturated carbocycles. The fourth-order valence-corrected chi connectivity index (χ4v) is 1.98. The van der Waals surface area contributed by atoms with Gasteiger partial charge >= 0.3 is 0 Å². The molecule has 1 heterocycles. The molecule has 0 bridgehead atoms. The summed E-state index contributed by atoms with van der Waals surface area (Å²) >= 11 is 0. The van der Waals surface area contributed by atoms with Gasteiger partial charge in [0.1, 0.15) is 5.75 Å². The number of hydrogen-bond donors (Lipinski definition) is 2. The molecule has 23 heavy (non-hydrogen) atoms. The van der Waals surface area contributed by atoms with E-state index in [-0.39, 0.29) is 6.10 Å². The van der Waals surface area contributed by atoms with Crippen LogP contribution >= 0.6 is 0 Å². The molecule has 0 fully saturated rings. The Balaban J connectivity index is 1.96. The minimum Gasteiger partial charge on any atom is -0.491 e. The van der Waals surface area contributed by atoms with Crippen LogP contribution in [-0.4, -0.2) is 24.2 Å². The number of rotatable bonds is 6. The van der Waals surface area contributed by atoms with Gasteiger partial charge in [-0.3, -0.25) is 0 Å². The van der Waals surface area contributed by atoms with Crippen molar-refractivity contribution in [3.63, 3.8) is 0 Å². The number of hydrogen-bond acceptors (Lipinski definition) is 4. The molecular weight excluding hydrogens is 292 g/mol. The largest absolute Gasteiger partial charge is 0.491 e. The van der Waals surface area contributed by atoms with Crippen LogP contribution in [0, 0.1) is 0 Å². The normalized spacial score (nSPS) is 11.4. The lowest BCUT2D eigenvalue weighted by molar-refractivity contribution is 0.242. The molecular formula is C17H22N4O2. The van der Waals surface area contributed by atoms with Crippen molar-refractivity contribution in [1.82, 2.24) is 4.98 Å². The Morgan fingerprint density at radius 2 is 2.00 bits per heavy atom. The number of anilines is 1. The van der Waals surface area contributed by atoms with Gasteiger partial charge in [0.05, 0.1) is 19.8 Å². The number of methoxy groups -OCH3 is 1. The molecule has 0 amide bonds. The molecule has 1 aromatic carbocycles. The molecule has 6 nitrogen and oxygen atoms in total. The van der Waals surface area contributed by atoms with Crippen LogP contribution in [0.3, 0.4) is 0 Å². The molecule has 3 N–H and O–H groups in total. The monoisotopic (exact) mass is 314 g/mol. The van der Waals surface area contributed by atoms with Gasteiger partial charge in [0, 0.05) is 17.4 Å². The number of pyridine rings is 1. The third-order valence-electron chi connectivity index (χ3n) is 2.96. The maximum absolute atomic E-state index is 5.91. The van der Waals surface area contributed by atoms with Gasteiger partial charge in [0.25, 0.3) is 0 Å². The molecule has 0 spiro atoms. The van der Waals surface area contributed by atoms with E-state index in [1.54, 1.807) is 13.3 Å². The molecule has 6 heteroatoms. The molecule has 0 atom stereocenters. The third kappa shape index (κ3) is 5.18. The van der Waals surface area contributed by atoms with Crippen LogP contribution in [0.2, 0.25) is 0 Å². The first-order valence-corrected chi connectivity index (χ1v) is 7.40. The van der Waals surface area contributed by atoms with Crippen molar-refractivity contribution in [2.75, 3.05) is 12.4 Å². The van der Waals surface area contributed by atoms with E-state index >= 15 is 0 Å². The molecule has 0 saturated heterocycles. The number of nitrogens with zero attached hydrogens (tertiary/aromatic N) is 2. The number of guanidine groups is 1. The predicted octanol–water partition coefficient (Wildman–Crippen LogP) is 2.80. The van der Waals surface area contributed by atoms with Crippen molar-refractivity contribution in [2.45, 2.75) is 26.5 Å². The lowest BCUT2D eigenvalue weighted by atomic mass is 10.3. The van der Waals surface area contributed by atoms with E-state index in [0.29, 0.717) is 18.4 Å². The SMILES string of the molecule is COc1ncccc1CN=C(N)Nc1ccc(OC(C)C)cc1. The smallest absolute Gasteiger partial charge is 0.218 e. The van der Waals surface area contributed by atoms with Gasteiger partial charge in [-0.25, -0.2) is 9.98 Å². The number of aliphatic imine (C=N–C) groups is 1. The lowest BCUT2D eigenvalue weighted by Gasteiger charge is -2.11. The minimum atomic E-state index is 0.148. The Kier molecular flexibility index (Phi) is 5.80. The predicted molar refractivity (Wildman–Crippen MR) is 91.9 cm³/mol. The molecule has 0 aliphatic rings. The van der Waals surface area contributed by atoms with E-state index in [4.69, 9.17) is 15.2 Å². The topological polar surface area (TPSA) is 81.8 Å². The van der Waals surface area contributed by atoms with E-state index < -0.39 is 0 Å². The summed E-state index contributed by atoms with van der Waals surface area (Å²) in [5.41, 5.74) is 7.63. The Labute approximate surface area is 136 Å². The summed E-state index contributed by atoms with van der Waals surface area (Å²) in [5, 5.41) is 3.04. The summed E-state index contributed by atoms with van der Waals surface area (Å²) in [6, 6.07) is 11.3. The highest BCUT2D eigenvalue weighted by molar-refractivity contribution is 5.92. The zero-order valence-corrected chi connectivity index (χ0v) is 13.6. The Morgan fingerprint density at radius 3 is 2.65 bits per heavy atom. The van der Waals surface area contributed by atoms with Crippen LogP contribution in [0.15, 0.2) is 47.6 Å². The molecule has 0 radical (unpaired) electrons. The zero-order chi connectivity index (χ0) is 16.7. The second kappa shape index (κ2) is 8.03. The highest BCUT2D eigenvalue weighted by Crippen LogP contribution is 2.17. The number of nitrogens with two attached hydrogens (primary N) is 1. The molecule has 2 rings (SSSR count). The number of benzene rings is 1. The van der Waals surface area contributed by atoms with Gasteiger partial charge in [-0.2, -0.15) is 0 Å². The molecule has 1 aromatic heterocycles. The van der Waals surface area contributed by atoms with Crippen molar-refractivity contribution in [1.29, 1.82) is 0 Å². The summed E-state index contributed by atoms with van der Waals surface area (Å²) in [5.74, 6) is 1.70. The summed E-state index contributed by atoms with van der Waals surface area (Å²) in [4.78, 5) is 8.43. The first-order chi connectivity index (χ1) is 11.1. The van der Waals surface area contributed by atoms with Crippen molar-refractivity contribution in [2.24, 2.45) is 10.7 Å². The standard InChI is InChI=1S/C17H22N4O2/c1-12(2)23-15-8-6-14(7-9-15)21-17(18)20-11-13-5-4-10-19-16(13)22-3/h4-10,12H,11H2,1-3H3,(H3,18,20,21). The van der Waals surface area contributed by atoms with Crippen molar-refractivity contribution in [3.8, 4) is 11.6 Å². The molecule has 0 unspecified atom stereocenters. The maximum atomic E-state index is 5.91. The number of nitrogens with one attached hydrogen (secondary N) is 1. The van der Waals surface area contributed by atoms with Gasteiger partial charge in [-0.15, -0.1) is 0 Å². The van der Waals surface area contributed by atoms with Crippen molar-refractivity contribution >= 4 is 11.6 Å². The summed E-state index contributed by atoms with van der Waals surface area (Å²) in [6.45, 7) is 4.37. The highest BCUT2D eigenvalue weighted by Gasteiger charge is 2.03. The van der Waals surface area contributed by atoms with Crippen LogP contribution in [0.1, 0.15) is 19.4 Å². The summed E-state index contributed by atoms with van der Waals surface area (Å²) in [6.07, 6.45) is 1.82. The van der Waals surface area contributed by atoms with Gasteiger partial charge < -0.3 is 20.5 Å². The van der Waals surface area contributed by atoms with Gasteiger partial charge in [0.2, 0.25) is 5.88 Å². The van der Waals surface area contributed by atoms with E-state index in [2.05, 4.69) is 15.3 Å². The van der Waals surface area contributed by atoms with E-state index in [1.807, 2.05) is 50.2 Å². The first kappa shape index (κ1) is 16.6. The Morgan fingerprint density at radius 1 is 1.26 bits per heavy atom. The van der Waals surface area contributed by atoms with Crippen molar-refractivity contribution < 1.29 is 9.47 Å². The number of ether oxygens (including phenoxy) is 2. The Hall–Kier alpha value is -2.76. The van der Waals surface area contributed by atoms with Crippen LogP contribution in [0.5, 0.6) is 11.6 Å². The summed E-state index contributed by atoms with van der Waals surface area (Å²) < 4.78 is 10.8. The number of aromatic nitrogens is 1. The van der Waals surface area contributed by atoms with Crippen LogP contribution < -0.4 is 20.5 Å². The fraction of sp³-hybridized carbons (Fsp3) is 0.294. The average Bonchev–Trinajstić information content (AvgIpc) is 2.54. The van der Waals surface area contributed by atoms with Crippen LogP contribution in [0.4, 0.5) is 5.69 Å². The molecule has 0 aliphatic carbocycles. The lowest BCUT2D eigenvalue weighted by Crippen LogP contribution is -2.22. The van der Waals surface area contributed by atoms with E-state index in [0.717, 1.165) is 17.0 Å². The first-order valence-electron chi connectivity index (χ1n) is 7.40. The van der Waals surface area contributed by atoms with Gasteiger partial charge in [-0.1, -0.05) is 6.07 Å². The van der Waals surface area contributed by atoms with Crippen LogP contribution in [0.25, 0.3) is 0 Å². The molecule has 2 aromatic rings. The molecule has 0 aliphatic heterocycles. The second-order valence-corrected chi connectivity index (χ2v) is 5.19. The van der Waals surface area contributed by atoms with Gasteiger partial charge in [-0.05, 0) is 44.2 Å². The van der Waals surface area contributed by atoms with Crippen LogP contribution in [-0.2, 0) is 6.54 Å². The second-order valence-electron chi connectivity index (χ2n) is 5.19. The maximum Gasteiger partial charge on any atom is 0.218 e. The van der Waals surface area contributed by atoms with E-state index in [9.17, 15) is 0 Å².